The van der Waals surface area contributed by atoms with Crippen molar-refractivity contribution in [3.05, 3.63) is 58.7 Å². The number of carbonyl (C=O) groups is 2. The fraction of sp³-hybridized carbons (Fsp3) is 0.300. The number of cyclic esters (lactones) is 1. The number of alkyl halides is 3. The van der Waals surface area contributed by atoms with Crippen molar-refractivity contribution in [2.45, 2.75) is 38.0 Å². The highest BCUT2D eigenvalue weighted by molar-refractivity contribution is 6.00. The zero-order valence-corrected chi connectivity index (χ0v) is 14.8. The van der Waals surface area contributed by atoms with E-state index in [1.165, 1.54) is 6.07 Å². The normalized spacial score (nSPS) is 21.3. The molecule has 2 aliphatic rings. The van der Waals surface area contributed by atoms with Crippen LogP contribution in [0.3, 0.4) is 0 Å². The first kappa shape index (κ1) is 18.3. The standard InChI is InChI=1S/C20H16F3NO4/c1-10-8-12(20(21,22)23)3-7-16(10)27-13-4-6-14-11(9-13)2-5-15(14)17-18(25)24-19(26)28-17/h3-4,6-9,15,17H,2,5H2,1H3,(H,24,25,26)/t15-,17+/m1/s1. The average Bonchev–Trinajstić information content (AvgIpc) is 3.17. The molecule has 1 aliphatic carbocycles. The molecule has 0 aromatic heterocycles. The summed E-state index contributed by atoms with van der Waals surface area (Å²) < 4.78 is 49.2. The molecule has 0 bridgehead atoms. The van der Waals surface area contributed by atoms with Crippen molar-refractivity contribution in [2.24, 2.45) is 0 Å². The molecule has 5 nitrogen and oxygen atoms in total. The minimum absolute atomic E-state index is 0.219. The minimum Gasteiger partial charge on any atom is -0.457 e. The predicted molar refractivity (Wildman–Crippen MR) is 92.2 cm³/mol. The number of halogens is 3. The number of amides is 2. The first-order valence-electron chi connectivity index (χ1n) is 8.72. The number of carbonyl (C=O) groups excluding carboxylic acids is 2. The summed E-state index contributed by atoms with van der Waals surface area (Å²) in [6.07, 6.45) is -4.63. The Bertz CT molecular complexity index is 970. The third-order valence-electron chi connectivity index (χ3n) is 5.05. The van der Waals surface area contributed by atoms with E-state index < -0.39 is 29.8 Å². The summed E-state index contributed by atoms with van der Waals surface area (Å²) in [5.74, 6) is 0.175. The Morgan fingerprint density at radius 3 is 2.57 bits per heavy atom. The van der Waals surface area contributed by atoms with E-state index in [1.807, 2.05) is 0 Å². The van der Waals surface area contributed by atoms with Crippen LogP contribution in [0.15, 0.2) is 36.4 Å². The maximum absolute atomic E-state index is 12.8. The lowest BCUT2D eigenvalue weighted by Gasteiger charge is -2.16. The Balaban J connectivity index is 1.54. The first-order chi connectivity index (χ1) is 13.2. The number of rotatable bonds is 3. The van der Waals surface area contributed by atoms with Gasteiger partial charge >= 0.3 is 12.3 Å². The Morgan fingerprint density at radius 1 is 1.14 bits per heavy atom. The van der Waals surface area contributed by atoms with Crippen LogP contribution in [0.4, 0.5) is 18.0 Å². The molecular weight excluding hydrogens is 375 g/mol. The van der Waals surface area contributed by atoms with Crippen LogP contribution in [0, 0.1) is 6.92 Å². The van der Waals surface area contributed by atoms with Crippen LogP contribution in [0.5, 0.6) is 11.5 Å². The van der Waals surface area contributed by atoms with Crippen LogP contribution in [0.2, 0.25) is 0 Å². The molecule has 2 atom stereocenters. The van der Waals surface area contributed by atoms with Crippen molar-refractivity contribution >= 4 is 12.0 Å². The molecule has 1 heterocycles. The summed E-state index contributed by atoms with van der Waals surface area (Å²) in [4.78, 5) is 23.1. The van der Waals surface area contributed by atoms with Gasteiger partial charge in [0.2, 0.25) is 0 Å². The summed E-state index contributed by atoms with van der Waals surface area (Å²) in [5, 5.41) is 2.14. The summed E-state index contributed by atoms with van der Waals surface area (Å²) in [6.45, 7) is 1.56. The quantitative estimate of drug-likeness (QED) is 0.839. The molecule has 2 aromatic carbocycles. The van der Waals surface area contributed by atoms with Gasteiger partial charge in [-0.1, -0.05) is 6.07 Å². The summed E-state index contributed by atoms with van der Waals surface area (Å²) >= 11 is 0. The van der Waals surface area contributed by atoms with Crippen LogP contribution in [0.1, 0.15) is 34.6 Å². The van der Waals surface area contributed by atoms with E-state index in [1.54, 1.807) is 25.1 Å². The fourth-order valence-electron chi connectivity index (χ4n) is 3.71. The van der Waals surface area contributed by atoms with Gasteiger partial charge < -0.3 is 9.47 Å². The number of hydrogen-bond acceptors (Lipinski definition) is 4. The maximum Gasteiger partial charge on any atom is 0.416 e. The number of benzene rings is 2. The Labute approximate surface area is 158 Å². The van der Waals surface area contributed by atoms with Gasteiger partial charge in [-0.05, 0) is 66.8 Å². The van der Waals surface area contributed by atoms with Gasteiger partial charge in [0.15, 0.2) is 6.10 Å². The van der Waals surface area contributed by atoms with Gasteiger partial charge in [-0.3, -0.25) is 10.1 Å². The average molecular weight is 391 g/mol. The van der Waals surface area contributed by atoms with E-state index in [-0.39, 0.29) is 5.92 Å². The third kappa shape index (κ3) is 3.30. The van der Waals surface area contributed by atoms with Gasteiger partial charge in [0.25, 0.3) is 5.91 Å². The lowest BCUT2D eigenvalue weighted by molar-refractivity contribution is -0.137. The molecule has 1 fully saturated rings. The molecule has 0 unspecified atom stereocenters. The lowest BCUT2D eigenvalue weighted by Crippen LogP contribution is -2.28. The monoisotopic (exact) mass is 391 g/mol. The van der Waals surface area contributed by atoms with Crippen LogP contribution >= 0.6 is 0 Å². The fourth-order valence-corrected chi connectivity index (χ4v) is 3.71. The zero-order chi connectivity index (χ0) is 20.1. The van der Waals surface area contributed by atoms with Crippen LogP contribution in [-0.2, 0) is 22.1 Å². The van der Waals surface area contributed by atoms with E-state index in [4.69, 9.17) is 9.47 Å². The topological polar surface area (TPSA) is 64.6 Å². The number of aryl methyl sites for hydroxylation is 2. The van der Waals surface area contributed by atoms with Crippen molar-refractivity contribution in [3.63, 3.8) is 0 Å². The Kier molecular flexibility index (Phi) is 4.28. The molecule has 2 amide bonds. The van der Waals surface area contributed by atoms with Gasteiger partial charge in [0, 0.05) is 5.92 Å². The number of ether oxygens (including phenoxy) is 2. The molecule has 1 saturated heterocycles. The Morgan fingerprint density at radius 2 is 1.93 bits per heavy atom. The molecule has 8 heteroatoms. The second-order valence-corrected chi connectivity index (χ2v) is 6.90. The molecule has 1 aliphatic heterocycles. The summed E-state index contributed by atoms with van der Waals surface area (Å²) in [7, 11) is 0. The van der Waals surface area contributed by atoms with Crippen LogP contribution in [-0.4, -0.2) is 18.1 Å². The number of hydrogen-bond donors (Lipinski definition) is 1. The first-order valence-corrected chi connectivity index (χ1v) is 8.72. The SMILES string of the molecule is Cc1cc(C(F)(F)F)ccc1Oc1ccc2c(c1)CC[C@H]2[C@@H]1OC(=O)NC1=O. The van der Waals surface area contributed by atoms with Crippen molar-refractivity contribution in [2.75, 3.05) is 0 Å². The molecule has 1 N–H and O–H groups in total. The number of fused-ring (bicyclic) bond motifs is 1. The molecule has 0 spiro atoms. The van der Waals surface area contributed by atoms with Crippen LogP contribution < -0.4 is 10.1 Å². The van der Waals surface area contributed by atoms with Crippen LogP contribution in [0.25, 0.3) is 0 Å². The van der Waals surface area contributed by atoms with Gasteiger partial charge in [-0.25, -0.2) is 4.79 Å². The smallest absolute Gasteiger partial charge is 0.416 e. The summed E-state index contributed by atoms with van der Waals surface area (Å²) in [6, 6.07) is 8.65. The van der Waals surface area contributed by atoms with Crippen molar-refractivity contribution in [1.82, 2.24) is 5.32 Å². The second-order valence-electron chi connectivity index (χ2n) is 6.90. The van der Waals surface area contributed by atoms with Gasteiger partial charge in [-0.15, -0.1) is 0 Å². The predicted octanol–water partition coefficient (Wildman–Crippen LogP) is 4.47. The van der Waals surface area contributed by atoms with E-state index in [0.717, 1.165) is 23.3 Å². The lowest BCUT2D eigenvalue weighted by atomic mass is 9.95. The van der Waals surface area contributed by atoms with Gasteiger partial charge in [0.05, 0.1) is 5.56 Å². The Hall–Kier alpha value is -3.03. The molecule has 2 aromatic rings. The molecular formula is C20H16F3NO4. The molecule has 146 valence electrons. The highest BCUT2D eigenvalue weighted by Crippen LogP contribution is 2.40. The third-order valence-corrected chi connectivity index (χ3v) is 5.05. The summed E-state index contributed by atoms with van der Waals surface area (Å²) in [5.41, 5.74) is 1.52. The molecule has 0 radical (unpaired) electrons. The number of imide groups is 1. The highest BCUT2D eigenvalue weighted by atomic mass is 19.4. The van der Waals surface area contributed by atoms with E-state index in [2.05, 4.69) is 5.32 Å². The molecule has 4 rings (SSSR count). The highest BCUT2D eigenvalue weighted by Gasteiger charge is 2.42. The van der Waals surface area contributed by atoms with Crippen molar-refractivity contribution in [1.29, 1.82) is 0 Å². The van der Waals surface area contributed by atoms with Gasteiger partial charge in [0.1, 0.15) is 11.5 Å². The second kappa shape index (κ2) is 6.54. The maximum atomic E-state index is 12.8. The van der Waals surface area contributed by atoms with E-state index in [9.17, 15) is 22.8 Å². The van der Waals surface area contributed by atoms with E-state index >= 15 is 0 Å². The zero-order valence-electron chi connectivity index (χ0n) is 14.8. The van der Waals surface area contributed by atoms with Crippen molar-refractivity contribution < 1.29 is 32.2 Å². The van der Waals surface area contributed by atoms with Gasteiger partial charge in [-0.2, -0.15) is 13.2 Å². The molecule has 0 saturated carbocycles. The number of nitrogens with one attached hydrogen (secondary N) is 1. The van der Waals surface area contributed by atoms with E-state index in [0.29, 0.717) is 29.9 Å². The number of alkyl carbamates (subject to hydrolysis) is 1. The molecule has 28 heavy (non-hydrogen) atoms. The largest absolute Gasteiger partial charge is 0.457 e. The minimum atomic E-state index is -4.40. The van der Waals surface area contributed by atoms with Crippen molar-refractivity contribution in [3.8, 4) is 11.5 Å².